The Morgan fingerprint density at radius 1 is 1.00 bits per heavy atom. The van der Waals surface area contributed by atoms with Crippen LogP contribution < -0.4 is 4.80 Å². The average molecular weight is 336 g/mol. The summed E-state index contributed by atoms with van der Waals surface area (Å²) >= 11 is 3.17. The number of benzene rings is 2. The van der Waals surface area contributed by atoms with Crippen molar-refractivity contribution >= 4 is 41.4 Å². The van der Waals surface area contributed by atoms with E-state index in [1.807, 2.05) is 54.8 Å². The smallest absolute Gasteiger partial charge is 0.228 e. The number of aromatic nitrogens is 2. The summed E-state index contributed by atoms with van der Waals surface area (Å²) in [4.78, 5) is 9.92. The van der Waals surface area contributed by atoms with E-state index in [9.17, 15) is 0 Å². The lowest BCUT2D eigenvalue weighted by molar-refractivity contribution is 0.930. The summed E-state index contributed by atoms with van der Waals surface area (Å²) in [5.41, 5.74) is 2.04. The molecule has 0 N–H and O–H groups in total. The number of hydrogen-bond donors (Lipinski definition) is 0. The summed E-state index contributed by atoms with van der Waals surface area (Å²) in [6.07, 6.45) is 2.03. The van der Waals surface area contributed by atoms with Gasteiger partial charge in [0.25, 0.3) is 0 Å². The van der Waals surface area contributed by atoms with Crippen molar-refractivity contribution in [3.05, 3.63) is 65.5 Å². The van der Waals surface area contributed by atoms with Crippen LogP contribution in [0.3, 0.4) is 0 Å². The molecule has 0 amide bonds. The number of halogens is 1. The maximum absolute atomic E-state index is 4.58. The normalized spacial score (nSPS) is 11.2. The first kappa shape index (κ1) is 15.8. The minimum Gasteiger partial charge on any atom is -0.241 e. The van der Waals surface area contributed by atoms with Gasteiger partial charge in [-0.05, 0) is 42.1 Å². The van der Waals surface area contributed by atoms with Gasteiger partial charge in [0.15, 0.2) is 5.16 Å². The van der Waals surface area contributed by atoms with Crippen molar-refractivity contribution in [1.82, 2.24) is 8.94 Å². The van der Waals surface area contributed by atoms with Crippen molar-refractivity contribution in [2.45, 2.75) is 5.16 Å². The Bertz CT molecular complexity index is 751. The molecule has 0 saturated heterocycles. The van der Waals surface area contributed by atoms with E-state index >= 15 is 0 Å². The summed E-state index contributed by atoms with van der Waals surface area (Å²) in [5, 5.41) is 0.955. The van der Waals surface area contributed by atoms with E-state index < -0.39 is 0 Å². The molecule has 0 unspecified atom stereocenters. The topological polar surface area (TPSA) is 30.2 Å². The summed E-state index contributed by atoms with van der Waals surface area (Å²) in [5.74, 6) is 0. The first-order valence-electron chi connectivity index (χ1n) is 6.16. The molecule has 2 aromatic carbocycles. The van der Waals surface area contributed by atoms with E-state index in [2.05, 4.69) is 26.1 Å². The fourth-order valence-corrected chi connectivity index (χ4v) is 3.41. The highest BCUT2D eigenvalue weighted by Crippen LogP contribution is 2.19. The van der Waals surface area contributed by atoms with Crippen molar-refractivity contribution in [3.63, 3.8) is 0 Å². The number of hydrogen-bond acceptors (Lipinski definition) is 4. The minimum absolute atomic E-state index is 0. The number of para-hydroxylation sites is 2. The average Bonchev–Trinajstić information content (AvgIpc) is 2.92. The van der Waals surface area contributed by atoms with E-state index in [0.717, 1.165) is 21.3 Å². The second-order valence-electron chi connectivity index (χ2n) is 4.05. The predicted molar refractivity (Wildman–Crippen MR) is 92.1 cm³/mol. The molecular formula is C15H14ClN3S2. The van der Waals surface area contributed by atoms with Crippen LogP contribution in [-0.2, 0) is 0 Å². The minimum atomic E-state index is 0. The maximum atomic E-state index is 4.58. The van der Waals surface area contributed by atoms with Crippen LogP contribution >= 0.6 is 35.7 Å². The van der Waals surface area contributed by atoms with Crippen LogP contribution in [0.25, 0.3) is 5.69 Å². The monoisotopic (exact) mass is 335 g/mol. The van der Waals surface area contributed by atoms with Gasteiger partial charge in [-0.25, -0.2) is 8.95 Å². The maximum Gasteiger partial charge on any atom is 0.228 e. The van der Waals surface area contributed by atoms with Crippen LogP contribution in [0.15, 0.2) is 70.8 Å². The van der Waals surface area contributed by atoms with Crippen LogP contribution in [0, 0.1) is 0 Å². The Hall–Kier alpha value is -1.56. The molecule has 0 radical (unpaired) electrons. The third kappa shape index (κ3) is 3.75. The largest absolute Gasteiger partial charge is 0.241 e. The van der Waals surface area contributed by atoms with Gasteiger partial charge < -0.3 is 0 Å². The Kier molecular flexibility index (Phi) is 5.61. The molecule has 0 aliphatic carbocycles. The lowest BCUT2D eigenvalue weighted by atomic mass is 10.3. The summed E-state index contributed by atoms with van der Waals surface area (Å²) in [6, 6.07) is 20.1. The number of thioether (sulfide) groups is 1. The SMILES string of the molecule is CSc1nc(=Nc2ccccc2)sn1-c1ccccc1.Cl. The van der Waals surface area contributed by atoms with Crippen LogP contribution in [0.1, 0.15) is 0 Å². The molecule has 6 heteroatoms. The molecule has 0 aliphatic rings. The quantitative estimate of drug-likeness (QED) is 0.668. The molecule has 1 aromatic heterocycles. The molecule has 0 fully saturated rings. The molecule has 3 rings (SSSR count). The fourth-order valence-electron chi connectivity index (χ4n) is 1.78. The fraction of sp³-hybridized carbons (Fsp3) is 0.0667. The van der Waals surface area contributed by atoms with Crippen molar-refractivity contribution in [2.24, 2.45) is 4.99 Å². The van der Waals surface area contributed by atoms with Gasteiger partial charge in [0.2, 0.25) is 4.80 Å². The van der Waals surface area contributed by atoms with Crippen molar-refractivity contribution in [1.29, 1.82) is 0 Å². The van der Waals surface area contributed by atoms with Gasteiger partial charge in [-0.15, -0.1) is 12.4 Å². The Morgan fingerprint density at radius 2 is 1.62 bits per heavy atom. The third-order valence-electron chi connectivity index (χ3n) is 2.69. The van der Waals surface area contributed by atoms with Gasteiger partial charge in [0.1, 0.15) is 0 Å². The van der Waals surface area contributed by atoms with Crippen LogP contribution in [0.5, 0.6) is 0 Å². The summed E-state index contributed by atoms with van der Waals surface area (Å²) < 4.78 is 2.10. The zero-order valence-corrected chi connectivity index (χ0v) is 13.8. The molecule has 1 heterocycles. The van der Waals surface area contributed by atoms with Gasteiger partial charge in [-0.2, -0.15) is 4.98 Å². The molecule has 0 saturated carbocycles. The third-order valence-corrected chi connectivity index (χ3v) is 4.36. The zero-order chi connectivity index (χ0) is 13.8. The highest BCUT2D eigenvalue weighted by atomic mass is 35.5. The first-order chi connectivity index (χ1) is 9.86. The first-order valence-corrected chi connectivity index (χ1v) is 8.16. The molecule has 0 bridgehead atoms. The number of rotatable bonds is 3. The van der Waals surface area contributed by atoms with E-state index in [4.69, 9.17) is 0 Å². The summed E-state index contributed by atoms with van der Waals surface area (Å²) in [6.45, 7) is 0. The Balaban J connectivity index is 0.00000161. The van der Waals surface area contributed by atoms with Crippen LogP contribution in [0.4, 0.5) is 5.69 Å². The van der Waals surface area contributed by atoms with E-state index in [1.165, 1.54) is 0 Å². The Labute approximate surface area is 138 Å². The lowest BCUT2D eigenvalue weighted by Crippen LogP contribution is -1.95. The van der Waals surface area contributed by atoms with Crippen molar-refractivity contribution < 1.29 is 0 Å². The van der Waals surface area contributed by atoms with Gasteiger partial charge in [-0.1, -0.05) is 48.2 Å². The van der Waals surface area contributed by atoms with Crippen LogP contribution in [-0.4, -0.2) is 15.2 Å². The molecule has 21 heavy (non-hydrogen) atoms. The van der Waals surface area contributed by atoms with Gasteiger partial charge >= 0.3 is 0 Å². The molecule has 0 atom stereocenters. The molecular weight excluding hydrogens is 322 g/mol. The second-order valence-corrected chi connectivity index (χ2v) is 5.74. The van der Waals surface area contributed by atoms with Crippen LogP contribution in [0.2, 0.25) is 0 Å². The molecule has 0 aliphatic heterocycles. The van der Waals surface area contributed by atoms with E-state index in [0.29, 0.717) is 0 Å². The van der Waals surface area contributed by atoms with Crippen molar-refractivity contribution in [3.8, 4) is 5.69 Å². The predicted octanol–water partition coefficient (Wildman–Crippen LogP) is 4.31. The van der Waals surface area contributed by atoms with Crippen molar-refractivity contribution in [2.75, 3.05) is 6.26 Å². The summed E-state index contributed by atoms with van der Waals surface area (Å²) in [7, 11) is 0. The molecule has 3 nitrogen and oxygen atoms in total. The molecule has 108 valence electrons. The second kappa shape index (κ2) is 7.45. The zero-order valence-electron chi connectivity index (χ0n) is 11.3. The molecule has 3 aromatic rings. The highest BCUT2D eigenvalue weighted by Gasteiger charge is 2.06. The molecule has 0 spiro atoms. The Morgan fingerprint density at radius 3 is 2.24 bits per heavy atom. The van der Waals surface area contributed by atoms with E-state index in [1.54, 1.807) is 23.3 Å². The lowest BCUT2D eigenvalue weighted by Gasteiger charge is -2.02. The van der Waals surface area contributed by atoms with Gasteiger partial charge in [0.05, 0.1) is 11.4 Å². The standard InChI is InChI=1S/C15H13N3S2.ClH/c1-19-15-17-14(16-12-8-4-2-5-9-12)20-18(15)13-10-6-3-7-11-13;/h2-11H,1H3;1H. The van der Waals surface area contributed by atoms with Gasteiger partial charge in [0, 0.05) is 0 Å². The number of nitrogens with zero attached hydrogens (tertiary/aromatic N) is 3. The van der Waals surface area contributed by atoms with Gasteiger partial charge in [-0.3, -0.25) is 0 Å². The van der Waals surface area contributed by atoms with E-state index in [-0.39, 0.29) is 12.4 Å². The highest BCUT2D eigenvalue weighted by molar-refractivity contribution is 7.98.